The van der Waals surface area contributed by atoms with Crippen molar-refractivity contribution in [2.24, 2.45) is 0 Å². The van der Waals surface area contributed by atoms with Gasteiger partial charge in [-0.1, -0.05) is 22.0 Å². The van der Waals surface area contributed by atoms with Crippen LogP contribution in [0.15, 0.2) is 40.3 Å². The Bertz CT molecular complexity index is 585. The van der Waals surface area contributed by atoms with Crippen molar-refractivity contribution in [3.05, 3.63) is 50.9 Å². The van der Waals surface area contributed by atoms with Gasteiger partial charge >= 0.3 is 0 Å². The predicted octanol–water partition coefficient (Wildman–Crippen LogP) is 3.88. The highest BCUT2D eigenvalue weighted by atomic mass is 79.9. The Morgan fingerprint density at radius 1 is 1.47 bits per heavy atom. The van der Waals surface area contributed by atoms with E-state index in [1.165, 1.54) is 0 Å². The molecule has 1 atom stereocenters. The molecule has 0 aliphatic carbocycles. The molecule has 1 aliphatic heterocycles. The second kappa shape index (κ2) is 5.43. The zero-order valence-electron chi connectivity index (χ0n) is 10.3. The summed E-state index contributed by atoms with van der Waals surface area (Å²) in [5.74, 6) is 0.0963. The number of rotatable bonds is 2. The van der Waals surface area contributed by atoms with E-state index < -0.39 is 0 Å². The molecule has 1 aromatic heterocycles. The summed E-state index contributed by atoms with van der Waals surface area (Å²) in [6.45, 7) is 0.815. The minimum atomic E-state index is 0.0963. The molecule has 5 heteroatoms. The van der Waals surface area contributed by atoms with Gasteiger partial charge in [0, 0.05) is 28.2 Å². The molecule has 0 N–H and O–H groups in total. The SMILES string of the molecule is O=C(c1cccc(Br)c1)N1CCCC1c1nccs1. The number of nitrogens with zero attached hydrogens (tertiary/aromatic N) is 2. The molecule has 1 unspecified atom stereocenters. The van der Waals surface area contributed by atoms with Crippen molar-refractivity contribution in [2.75, 3.05) is 6.54 Å². The molecule has 3 nitrogen and oxygen atoms in total. The Kier molecular flexibility index (Phi) is 3.66. The topological polar surface area (TPSA) is 33.2 Å². The Morgan fingerprint density at radius 2 is 2.37 bits per heavy atom. The molecule has 98 valence electrons. The van der Waals surface area contributed by atoms with E-state index in [0.29, 0.717) is 0 Å². The van der Waals surface area contributed by atoms with E-state index in [9.17, 15) is 4.79 Å². The summed E-state index contributed by atoms with van der Waals surface area (Å²) in [5.41, 5.74) is 0.734. The fourth-order valence-electron chi connectivity index (χ4n) is 2.45. The van der Waals surface area contributed by atoms with Crippen LogP contribution in [-0.4, -0.2) is 22.3 Å². The van der Waals surface area contributed by atoms with E-state index in [1.54, 1.807) is 17.5 Å². The van der Waals surface area contributed by atoms with Crippen LogP contribution in [0, 0.1) is 0 Å². The van der Waals surface area contributed by atoms with Crippen LogP contribution in [0.1, 0.15) is 34.2 Å². The monoisotopic (exact) mass is 336 g/mol. The molecule has 1 amide bonds. The van der Waals surface area contributed by atoms with E-state index in [4.69, 9.17) is 0 Å². The fourth-order valence-corrected chi connectivity index (χ4v) is 3.64. The number of carbonyl (C=O) groups excluding carboxylic acids is 1. The van der Waals surface area contributed by atoms with Crippen LogP contribution in [0.3, 0.4) is 0 Å². The minimum absolute atomic E-state index is 0.0963. The van der Waals surface area contributed by atoms with E-state index in [1.807, 2.05) is 34.5 Å². The lowest BCUT2D eigenvalue weighted by molar-refractivity contribution is 0.0735. The van der Waals surface area contributed by atoms with E-state index in [2.05, 4.69) is 20.9 Å². The maximum Gasteiger partial charge on any atom is 0.254 e. The highest BCUT2D eigenvalue weighted by Gasteiger charge is 2.32. The van der Waals surface area contributed by atoms with Gasteiger partial charge in [0.05, 0.1) is 6.04 Å². The summed E-state index contributed by atoms with van der Waals surface area (Å²) in [6, 6.07) is 7.71. The summed E-state index contributed by atoms with van der Waals surface area (Å²) >= 11 is 5.04. The first-order valence-electron chi connectivity index (χ1n) is 6.21. The number of carbonyl (C=O) groups is 1. The molecule has 0 bridgehead atoms. The highest BCUT2D eigenvalue weighted by Crippen LogP contribution is 2.34. The Labute approximate surface area is 124 Å². The molecule has 0 radical (unpaired) electrons. The molecule has 2 heterocycles. The van der Waals surface area contributed by atoms with Crippen molar-refractivity contribution < 1.29 is 4.79 Å². The number of hydrogen-bond donors (Lipinski definition) is 0. The molecule has 1 fully saturated rings. The standard InChI is InChI=1S/C14H13BrN2OS/c15-11-4-1-3-10(9-11)14(18)17-7-2-5-12(17)13-16-6-8-19-13/h1,3-4,6,8-9,12H,2,5,7H2. The third kappa shape index (κ3) is 2.58. The number of likely N-dealkylation sites (tertiary alicyclic amines) is 1. The quantitative estimate of drug-likeness (QED) is 0.833. The molecular formula is C14H13BrN2OS. The van der Waals surface area contributed by atoms with Crippen LogP contribution in [0.2, 0.25) is 0 Å². The molecule has 1 aromatic carbocycles. The maximum atomic E-state index is 12.6. The first-order chi connectivity index (χ1) is 9.25. The number of thiazole rings is 1. The summed E-state index contributed by atoms with van der Waals surface area (Å²) in [6.07, 6.45) is 3.86. The van der Waals surface area contributed by atoms with Crippen molar-refractivity contribution in [3.8, 4) is 0 Å². The van der Waals surface area contributed by atoms with Gasteiger partial charge in [0.1, 0.15) is 5.01 Å². The molecule has 0 spiro atoms. The van der Waals surface area contributed by atoms with Crippen molar-refractivity contribution in [2.45, 2.75) is 18.9 Å². The lowest BCUT2D eigenvalue weighted by Gasteiger charge is -2.23. The van der Waals surface area contributed by atoms with Crippen LogP contribution < -0.4 is 0 Å². The number of amides is 1. The Morgan fingerprint density at radius 3 is 3.11 bits per heavy atom. The van der Waals surface area contributed by atoms with E-state index in [-0.39, 0.29) is 11.9 Å². The van der Waals surface area contributed by atoms with E-state index in [0.717, 1.165) is 34.4 Å². The van der Waals surface area contributed by atoms with Crippen LogP contribution in [-0.2, 0) is 0 Å². The van der Waals surface area contributed by atoms with Gasteiger partial charge in [0.15, 0.2) is 0 Å². The lowest BCUT2D eigenvalue weighted by atomic mass is 10.1. The van der Waals surface area contributed by atoms with E-state index >= 15 is 0 Å². The second-order valence-electron chi connectivity index (χ2n) is 4.54. The first kappa shape index (κ1) is 12.8. The summed E-state index contributed by atoms with van der Waals surface area (Å²) in [7, 11) is 0. The smallest absolute Gasteiger partial charge is 0.254 e. The minimum Gasteiger partial charge on any atom is -0.329 e. The highest BCUT2D eigenvalue weighted by molar-refractivity contribution is 9.10. The average molecular weight is 337 g/mol. The van der Waals surface area contributed by atoms with Crippen molar-refractivity contribution in [1.29, 1.82) is 0 Å². The van der Waals surface area contributed by atoms with Gasteiger partial charge in [-0.2, -0.15) is 0 Å². The van der Waals surface area contributed by atoms with Gasteiger partial charge in [-0.15, -0.1) is 11.3 Å². The number of hydrogen-bond acceptors (Lipinski definition) is 3. The summed E-state index contributed by atoms with van der Waals surface area (Å²) in [4.78, 5) is 18.9. The van der Waals surface area contributed by atoms with Crippen LogP contribution in [0.5, 0.6) is 0 Å². The number of aromatic nitrogens is 1. The Balaban J connectivity index is 1.87. The van der Waals surface area contributed by atoms with Crippen LogP contribution >= 0.6 is 27.3 Å². The van der Waals surface area contributed by atoms with Gasteiger partial charge in [-0.3, -0.25) is 4.79 Å². The second-order valence-corrected chi connectivity index (χ2v) is 6.38. The Hall–Kier alpha value is -1.20. The first-order valence-corrected chi connectivity index (χ1v) is 7.89. The van der Waals surface area contributed by atoms with Crippen molar-refractivity contribution in [3.63, 3.8) is 0 Å². The normalized spacial score (nSPS) is 18.8. The fraction of sp³-hybridized carbons (Fsp3) is 0.286. The van der Waals surface area contributed by atoms with Gasteiger partial charge < -0.3 is 4.90 Å². The van der Waals surface area contributed by atoms with Crippen molar-refractivity contribution in [1.82, 2.24) is 9.88 Å². The number of benzene rings is 1. The van der Waals surface area contributed by atoms with Gasteiger partial charge in [0.25, 0.3) is 5.91 Å². The van der Waals surface area contributed by atoms with Gasteiger partial charge in [-0.25, -0.2) is 4.98 Å². The largest absolute Gasteiger partial charge is 0.329 e. The molecule has 3 rings (SSSR count). The zero-order chi connectivity index (χ0) is 13.2. The molecule has 0 saturated carbocycles. The lowest BCUT2D eigenvalue weighted by Crippen LogP contribution is -2.30. The van der Waals surface area contributed by atoms with Crippen LogP contribution in [0.4, 0.5) is 0 Å². The predicted molar refractivity (Wildman–Crippen MR) is 79.3 cm³/mol. The summed E-state index contributed by atoms with van der Waals surface area (Å²) in [5, 5.41) is 3.01. The maximum absolute atomic E-state index is 12.6. The number of halogens is 1. The third-order valence-corrected chi connectivity index (χ3v) is 4.69. The molecule has 1 saturated heterocycles. The van der Waals surface area contributed by atoms with Crippen LogP contribution in [0.25, 0.3) is 0 Å². The summed E-state index contributed by atoms with van der Waals surface area (Å²) < 4.78 is 0.934. The zero-order valence-corrected chi connectivity index (χ0v) is 12.7. The molecule has 2 aromatic rings. The molecule has 1 aliphatic rings. The van der Waals surface area contributed by atoms with Gasteiger partial charge in [0.2, 0.25) is 0 Å². The molecule has 19 heavy (non-hydrogen) atoms. The molecular weight excluding hydrogens is 324 g/mol. The van der Waals surface area contributed by atoms with Gasteiger partial charge in [-0.05, 0) is 31.0 Å². The van der Waals surface area contributed by atoms with Crippen molar-refractivity contribution >= 4 is 33.2 Å². The average Bonchev–Trinajstić information content (AvgIpc) is 3.08. The third-order valence-electron chi connectivity index (χ3n) is 3.32.